The molecule has 1 atom stereocenters. The average Bonchev–Trinajstić information content (AvgIpc) is 3.35. The lowest BCUT2D eigenvalue weighted by atomic mass is 9.99. The number of nitrogens with zero attached hydrogens (tertiary/aromatic N) is 2. The van der Waals surface area contributed by atoms with Crippen molar-refractivity contribution in [3.8, 4) is 16.9 Å². The van der Waals surface area contributed by atoms with E-state index in [4.69, 9.17) is 9.47 Å². The molecule has 37 heavy (non-hydrogen) atoms. The van der Waals surface area contributed by atoms with Gasteiger partial charge < -0.3 is 25.0 Å². The predicted octanol–water partition coefficient (Wildman–Crippen LogP) is 6.50. The third-order valence-electron chi connectivity index (χ3n) is 6.58. The van der Waals surface area contributed by atoms with Crippen LogP contribution in [0.3, 0.4) is 0 Å². The zero-order valence-electron chi connectivity index (χ0n) is 21.4. The molecule has 0 radical (unpaired) electrons. The maximum absolute atomic E-state index is 15.2. The first-order chi connectivity index (χ1) is 17.6. The van der Waals surface area contributed by atoms with Crippen molar-refractivity contribution in [3.63, 3.8) is 0 Å². The van der Waals surface area contributed by atoms with Gasteiger partial charge in [-0.3, -0.25) is 0 Å². The van der Waals surface area contributed by atoms with Gasteiger partial charge in [0, 0.05) is 23.9 Å². The summed E-state index contributed by atoms with van der Waals surface area (Å²) in [6, 6.07) is 9.37. The number of anilines is 4. The zero-order valence-corrected chi connectivity index (χ0v) is 21.4. The van der Waals surface area contributed by atoms with Gasteiger partial charge in [0.2, 0.25) is 0 Å². The molecule has 0 bridgehead atoms. The van der Waals surface area contributed by atoms with Gasteiger partial charge in [-0.25, -0.2) is 18.2 Å². The number of ether oxygens (including phenoxy) is 2. The first-order valence-corrected chi connectivity index (χ1v) is 12.5. The van der Waals surface area contributed by atoms with E-state index in [-0.39, 0.29) is 23.4 Å². The molecule has 1 saturated heterocycles. The van der Waals surface area contributed by atoms with Crippen LogP contribution in [0.15, 0.2) is 42.6 Å². The van der Waals surface area contributed by atoms with Crippen LogP contribution in [-0.4, -0.2) is 42.4 Å². The second-order valence-electron chi connectivity index (χ2n) is 10.5. The summed E-state index contributed by atoms with van der Waals surface area (Å²) in [5, 5.41) is 6.16. The van der Waals surface area contributed by atoms with E-state index in [1.54, 1.807) is 18.2 Å². The number of hydrogen-bond acceptors (Lipinski definition) is 6. The Labute approximate surface area is 214 Å². The van der Waals surface area contributed by atoms with Crippen LogP contribution in [0.4, 0.5) is 36.1 Å². The normalized spacial score (nSPS) is 18.5. The Bertz CT molecular complexity index is 1310. The smallest absolute Gasteiger partial charge is 0.179 e. The zero-order chi connectivity index (χ0) is 26.3. The van der Waals surface area contributed by atoms with Crippen LogP contribution >= 0.6 is 0 Å². The van der Waals surface area contributed by atoms with Gasteiger partial charge in [0.15, 0.2) is 11.6 Å². The molecule has 2 N–H and O–H groups in total. The Balaban J connectivity index is 1.43. The molecule has 5 rings (SSSR count). The van der Waals surface area contributed by atoms with Crippen molar-refractivity contribution in [3.05, 3.63) is 60.0 Å². The molecule has 3 heterocycles. The fourth-order valence-corrected chi connectivity index (χ4v) is 4.77. The summed E-state index contributed by atoms with van der Waals surface area (Å²) in [4.78, 5) is 6.15. The highest BCUT2D eigenvalue weighted by atomic mass is 19.1. The quantitative estimate of drug-likeness (QED) is 0.393. The predicted molar refractivity (Wildman–Crippen MR) is 139 cm³/mol. The summed E-state index contributed by atoms with van der Waals surface area (Å²) >= 11 is 0. The molecule has 1 fully saturated rings. The summed E-state index contributed by atoms with van der Waals surface area (Å²) in [6.07, 6.45) is 1.89. The van der Waals surface area contributed by atoms with E-state index in [1.165, 1.54) is 18.2 Å². The summed E-state index contributed by atoms with van der Waals surface area (Å²) in [7, 11) is 0. The van der Waals surface area contributed by atoms with Crippen molar-refractivity contribution in [2.75, 3.05) is 35.3 Å². The molecule has 6 nitrogen and oxygen atoms in total. The minimum Gasteiger partial charge on any atom is -0.481 e. The number of fused-ring (bicyclic) bond motifs is 1. The molecule has 2 aliphatic rings. The van der Waals surface area contributed by atoms with Crippen molar-refractivity contribution in [1.29, 1.82) is 0 Å². The van der Waals surface area contributed by atoms with Gasteiger partial charge in [-0.05, 0) is 76.1 Å². The largest absolute Gasteiger partial charge is 0.481 e. The lowest BCUT2D eigenvalue weighted by Gasteiger charge is -2.43. The van der Waals surface area contributed by atoms with Crippen LogP contribution in [0.1, 0.15) is 34.1 Å². The molecule has 3 aromatic rings. The summed E-state index contributed by atoms with van der Waals surface area (Å²) < 4.78 is 56.1. The molecule has 1 aromatic heterocycles. The van der Waals surface area contributed by atoms with E-state index in [0.717, 1.165) is 12.6 Å². The number of aromatic nitrogens is 1. The molecule has 2 aromatic carbocycles. The standard InChI is InChI=1S/C28H31F3N4O2/c1-16(2)35-15-28(3,4)37-27-22(30)9-17(10-25(27)35)20-12-26(32-13-23(20)31)34-18-5-6-24(21(29)11-18)33-19-7-8-36-14-19/h5-6,9-13,16,19,33H,7-8,14-15H2,1-4H3,(H,32,34). The molecular weight excluding hydrogens is 481 g/mol. The van der Waals surface area contributed by atoms with Crippen LogP contribution in [0.5, 0.6) is 5.75 Å². The summed E-state index contributed by atoms with van der Waals surface area (Å²) in [6.45, 7) is 9.63. The molecule has 9 heteroatoms. The van der Waals surface area contributed by atoms with Gasteiger partial charge in [-0.15, -0.1) is 0 Å². The maximum Gasteiger partial charge on any atom is 0.179 e. The first-order valence-electron chi connectivity index (χ1n) is 12.5. The van der Waals surface area contributed by atoms with Crippen molar-refractivity contribution < 1.29 is 22.6 Å². The van der Waals surface area contributed by atoms with Gasteiger partial charge in [0.05, 0.1) is 36.8 Å². The highest BCUT2D eigenvalue weighted by molar-refractivity contribution is 5.76. The highest BCUT2D eigenvalue weighted by Crippen LogP contribution is 2.43. The van der Waals surface area contributed by atoms with E-state index in [1.807, 2.05) is 27.7 Å². The van der Waals surface area contributed by atoms with Crippen molar-refractivity contribution in [2.45, 2.75) is 51.8 Å². The van der Waals surface area contributed by atoms with Crippen LogP contribution in [0.25, 0.3) is 11.1 Å². The molecule has 1 unspecified atom stereocenters. The number of nitrogens with one attached hydrogen (secondary N) is 2. The molecule has 2 aliphatic heterocycles. The number of halogens is 3. The lowest BCUT2D eigenvalue weighted by Crippen LogP contribution is -2.49. The van der Waals surface area contributed by atoms with Gasteiger partial charge in [-0.1, -0.05) is 0 Å². The molecule has 0 saturated carbocycles. The van der Waals surface area contributed by atoms with Gasteiger partial charge in [-0.2, -0.15) is 0 Å². The average molecular weight is 513 g/mol. The monoisotopic (exact) mass is 512 g/mol. The van der Waals surface area contributed by atoms with E-state index in [2.05, 4.69) is 20.5 Å². The summed E-state index contributed by atoms with van der Waals surface area (Å²) in [5.41, 5.74) is 1.38. The second-order valence-corrected chi connectivity index (χ2v) is 10.5. The Morgan fingerprint density at radius 1 is 1.05 bits per heavy atom. The number of rotatable bonds is 6. The third-order valence-corrected chi connectivity index (χ3v) is 6.58. The molecule has 0 spiro atoms. The van der Waals surface area contributed by atoms with Crippen molar-refractivity contribution in [2.24, 2.45) is 0 Å². The Kier molecular flexibility index (Phi) is 6.66. The molecule has 196 valence electrons. The maximum atomic E-state index is 15.2. The molecular formula is C28H31F3N4O2. The number of pyridine rings is 1. The number of benzene rings is 2. The molecule has 0 amide bonds. The van der Waals surface area contributed by atoms with Gasteiger partial charge >= 0.3 is 0 Å². The minimum atomic E-state index is -0.595. The first kappa shape index (κ1) is 25.2. The fraction of sp³-hybridized carbons (Fsp3) is 0.393. The third kappa shape index (κ3) is 5.32. The number of hydrogen-bond donors (Lipinski definition) is 2. The van der Waals surface area contributed by atoms with E-state index >= 15 is 4.39 Å². The molecule has 0 aliphatic carbocycles. The van der Waals surface area contributed by atoms with Crippen molar-refractivity contribution >= 4 is 22.9 Å². The van der Waals surface area contributed by atoms with E-state index in [0.29, 0.717) is 48.2 Å². The van der Waals surface area contributed by atoms with E-state index in [9.17, 15) is 8.78 Å². The fourth-order valence-electron chi connectivity index (χ4n) is 4.77. The van der Waals surface area contributed by atoms with E-state index < -0.39 is 23.1 Å². The topological polar surface area (TPSA) is 58.7 Å². The van der Waals surface area contributed by atoms with Gasteiger partial charge in [0.1, 0.15) is 23.1 Å². The van der Waals surface area contributed by atoms with Gasteiger partial charge in [0.25, 0.3) is 0 Å². The van der Waals surface area contributed by atoms with Crippen molar-refractivity contribution in [1.82, 2.24) is 4.98 Å². The summed E-state index contributed by atoms with van der Waals surface area (Å²) in [5.74, 6) is -1.11. The van der Waals surface area contributed by atoms with Crippen LogP contribution < -0.4 is 20.3 Å². The Hall–Kier alpha value is -3.46. The Morgan fingerprint density at radius 3 is 2.57 bits per heavy atom. The second kappa shape index (κ2) is 9.78. The minimum absolute atomic E-state index is 0.0785. The SMILES string of the molecule is CC(C)N1CC(C)(C)Oc2c(F)cc(-c3cc(Nc4ccc(NC5CCOC5)c(F)c4)ncc3F)cc21. The lowest BCUT2D eigenvalue weighted by molar-refractivity contribution is 0.0967. The van der Waals surface area contributed by atoms with Crippen LogP contribution in [-0.2, 0) is 4.74 Å². The highest BCUT2D eigenvalue weighted by Gasteiger charge is 2.35. The Morgan fingerprint density at radius 2 is 1.86 bits per heavy atom. The van der Waals surface area contributed by atoms with Crippen LogP contribution in [0.2, 0.25) is 0 Å². The van der Waals surface area contributed by atoms with Crippen LogP contribution in [0, 0.1) is 17.5 Å².